The monoisotopic (exact) mass is 736 g/mol. The summed E-state index contributed by atoms with van der Waals surface area (Å²) >= 11 is 0. The summed E-state index contributed by atoms with van der Waals surface area (Å²) < 4.78 is 2.73. The summed E-state index contributed by atoms with van der Waals surface area (Å²) in [4.78, 5) is 5.60. The van der Waals surface area contributed by atoms with Crippen LogP contribution in [-0.4, -0.2) is 9.38 Å². The molecule has 0 radical (unpaired) electrons. The van der Waals surface area contributed by atoms with E-state index in [4.69, 9.17) is 4.98 Å². The Hall–Kier alpha value is -4.69. The predicted molar refractivity (Wildman–Crippen MR) is 233 cm³/mol. The summed E-state index contributed by atoms with van der Waals surface area (Å²) in [7, 11) is 0. The van der Waals surface area contributed by atoms with E-state index in [1.807, 2.05) is 0 Å². The van der Waals surface area contributed by atoms with Crippen LogP contribution in [0.3, 0.4) is 0 Å². The number of pyridine rings is 1. The smallest absolute Gasteiger partial charge is 0.0728 e. The SMILES string of the molecule is CC1(C)c2ccccc2-c2c1cc(-c1cc3c4c5c(ccc4n4c6cnc7c(c6c(c1)c34)C1CC3CC4CC7CC43C1)C1CC3CC(C1)CC5C3)c1ccccc21. The molecule has 8 aromatic rings. The minimum atomic E-state index is -0.0642. The van der Waals surface area contributed by atoms with Crippen molar-refractivity contribution in [2.45, 2.75) is 107 Å². The molecule has 0 N–H and O–H groups in total. The highest BCUT2D eigenvalue weighted by Gasteiger charge is 2.66. The Labute approximate surface area is 334 Å². The molecule has 3 heterocycles. The number of nitrogens with zero attached hydrogens (tertiary/aromatic N) is 2. The standard InChI is InChI=1S/C55H48N2/c1-54(2)43-10-6-5-9-39(43)49-38-8-4-3-7-37(38)40(23-44(49)54)30-20-41-50-45(12-11-36-29-14-27-13-28(15-29)17-31(16-27)47(36)50)57-46-26-56-52-33-19-35-22-34-18-32(24-55(34,35)25-33)48(52)51(46)42(21-30)53(41)57/h3-12,20-21,23,26-29,31-35H,13-19,22,24-25H2,1-2H3. The molecule has 0 amide bonds. The van der Waals surface area contributed by atoms with Crippen LogP contribution in [0, 0.1) is 29.1 Å². The zero-order chi connectivity index (χ0) is 36.8. The fraction of sp³-hybridized carbons (Fsp3) is 0.400. The molecule has 2 nitrogen and oxygen atoms in total. The van der Waals surface area contributed by atoms with Gasteiger partial charge in [-0.15, -0.1) is 0 Å². The largest absolute Gasteiger partial charge is 0.306 e. The van der Waals surface area contributed by atoms with E-state index in [0.717, 1.165) is 29.6 Å². The van der Waals surface area contributed by atoms with E-state index in [0.29, 0.717) is 23.2 Å². The van der Waals surface area contributed by atoms with Crippen LogP contribution >= 0.6 is 0 Å². The first-order chi connectivity index (χ1) is 27.9. The molecule has 7 atom stereocenters. The van der Waals surface area contributed by atoms with E-state index in [-0.39, 0.29) is 5.41 Å². The van der Waals surface area contributed by atoms with Crippen molar-refractivity contribution < 1.29 is 0 Å². The fourth-order valence-electron chi connectivity index (χ4n) is 17.1. The van der Waals surface area contributed by atoms with Gasteiger partial charge in [-0.2, -0.15) is 0 Å². The van der Waals surface area contributed by atoms with Gasteiger partial charge < -0.3 is 4.40 Å². The second kappa shape index (κ2) is 9.60. The van der Waals surface area contributed by atoms with E-state index in [1.54, 1.807) is 27.5 Å². The number of benzene rings is 5. The third-order valence-corrected chi connectivity index (χ3v) is 19.0. The number of hydrogen-bond donors (Lipinski definition) is 0. The lowest BCUT2D eigenvalue weighted by molar-refractivity contribution is 0.00321. The Morgan fingerprint density at radius 3 is 2.14 bits per heavy atom. The first-order valence-corrected chi connectivity index (χ1v) is 22.8. The molecule has 5 fully saturated rings. The van der Waals surface area contributed by atoms with Crippen LogP contribution in [0.25, 0.3) is 71.1 Å². The minimum Gasteiger partial charge on any atom is -0.306 e. The van der Waals surface area contributed by atoms with E-state index >= 15 is 0 Å². The molecule has 0 aliphatic heterocycles. The molecule has 2 heteroatoms. The number of rotatable bonds is 1. The van der Waals surface area contributed by atoms with Crippen molar-refractivity contribution in [2.75, 3.05) is 0 Å². The van der Waals surface area contributed by atoms with E-state index in [9.17, 15) is 0 Å². The second-order valence-corrected chi connectivity index (χ2v) is 21.5. The van der Waals surface area contributed by atoms with Gasteiger partial charge in [0.1, 0.15) is 0 Å². The van der Waals surface area contributed by atoms with Gasteiger partial charge in [0.2, 0.25) is 0 Å². The van der Waals surface area contributed by atoms with Gasteiger partial charge in [0.15, 0.2) is 0 Å². The predicted octanol–water partition coefficient (Wildman–Crippen LogP) is 14.1. The highest BCUT2D eigenvalue weighted by atomic mass is 14.9. The van der Waals surface area contributed by atoms with Crippen molar-refractivity contribution in [2.24, 2.45) is 29.1 Å². The van der Waals surface area contributed by atoms with Crippen molar-refractivity contribution >= 4 is 48.9 Å². The van der Waals surface area contributed by atoms with Gasteiger partial charge in [-0.05, 0) is 196 Å². The van der Waals surface area contributed by atoms with Gasteiger partial charge in [0, 0.05) is 38.6 Å². The summed E-state index contributed by atoms with van der Waals surface area (Å²) in [6.45, 7) is 4.91. The zero-order valence-electron chi connectivity index (χ0n) is 33.2. The Kier molecular flexibility index (Phi) is 5.12. The molecular weight excluding hydrogens is 689 g/mol. The van der Waals surface area contributed by atoms with Gasteiger partial charge in [-0.25, -0.2) is 0 Å². The molecule has 5 saturated carbocycles. The Bertz CT molecular complexity index is 3180. The normalized spacial score (nSPS) is 32.9. The first-order valence-electron chi connectivity index (χ1n) is 22.8. The van der Waals surface area contributed by atoms with Crippen molar-refractivity contribution in [1.29, 1.82) is 0 Å². The average molecular weight is 737 g/mol. The van der Waals surface area contributed by atoms with Crippen LogP contribution in [0.2, 0.25) is 0 Å². The van der Waals surface area contributed by atoms with Gasteiger partial charge in [-0.3, -0.25) is 4.98 Å². The van der Waals surface area contributed by atoms with Crippen molar-refractivity contribution in [3.05, 3.63) is 119 Å². The Morgan fingerprint density at radius 1 is 0.579 bits per heavy atom. The summed E-state index contributed by atoms with van der Waals surface area (Å²) in [6.07, 6.45) is 16.5. The van der Waals surface area contributed by atoms with Gasteiger partial charge >= 0.3 is 0 Å². The van der Waals surface area contributed by atoms with Crippen molar-refractivity contribution in [3.8, 4) is 22.3 Å². The molecule has 0 saturated heterocycles. The highest BCUT2D eigenvalue weighted by Crippen LogP contribution is 2.76. The van der Waals surface area contributed by atoms with Gasteiger partial charge in [0.05, 0.1) is 22.7 Å². The lowest BCUT2D eigenvalue weighted by atomic mass is 9.56. The Balaban J connectivity index is 1.06. The second-order valence-electron chi connectivity index (χ2n) is 21.5. The molecule has 5 aromatic carbocycles. The molecule has 278 valence electrons. The van der Waals surface area contributed by atoms with Gasteiger partial charge in [-0.1, -0.05) is 68.4 Å². The molecule has 7 unspecified atom stereocenters. The third kappa shape index (κ3) is 3.34. The van der Waals surface area contributed by atoms with Crippen LogP contribution in [0.4, 0.5) is 0 Å². The average Bonchev–Trinajstić information content (AvgIpc) is 3.92. The molecule has 7 bridgehead atoms. The third-order valence-electron chi connectivity index (χ3n) is 19.0. The fourth-order valence-corrected chi connectivity index (χ4v) is 17.1. The highest BCUT2D eigenvalue weighted by molar-refractivity contribution is 6.26. The van der Waals surface area contributed by atoms with Crippen molar-refractivity contribution in [1.82, 2.24) is 9.38 Å². The maximum atomic E-state index is 5.60. The maximum absolute atomic E-state index is 5.60. The molecule has 9 aliphatic carbocycles. The molecule has 1 spiro atoms. The summed E-state index contributed by atoms with van der Waals surface area (Å²) in [6, 6.07) is 31.7. The molecular formula is C55H48N2. The van der Waals surface area contributed by atoms with Crippen LogP contribution in [0.5, 0.6) is 0 Å². The van der Waals surface area contributed by atoms with Crippen LogP contribution in [0.1, 0.15) is 135 Å². The zero-order valence-corrected chi connectivity index (χ0v) is 33.2. The van der Waals surface area contributed by atoms with E-state index < -0.39 is 0 Å². The van der Waals surface area contributed by atoms with Gasteiger partial charge in [0.25, 0.3) is 0 Å². The number of hydrogen-bond acceptors (Lipinski definition) is 1. The molecule has 3 aromatic heterocycles. The maximum Gasteiger partial charge on any atom is 0.0728 e. The van der Waals surface area contributed by atoms with Crippen LogP contribution in [-0.2, 0) is 5.41 Å². The van der Waals surface area contributed by atoms with Crippen LogP contribution < -0.4 is 0 Å². The lowest BCUT2D eigenvalue weighted by Crippen LogP contribution is -2.41. The quantitative estimate of drug-likeness (QED) is 0.164. The lowest BCUT2D eigenvalue weighted by Gasteiger charge is -2.48. The first kappa shape index (κ1) is 30.4. The number of aromatic nitrogens is 2. The number of fused-ring (bicyclic) bond motifs is 17. The minimum absolute atomic E-state index is 0.0642. The molecule has 57 heavy (non-hydrogen) atoms. The van der Waals surface area contributed by atoms with Crippen molar-refractivity contribution in [3.63, 3.8) is 0 Å². The molecule has 17 rings (SSSR count). The topological polar surface area (TPSA) is 17.3 Å². The summed E-state index contributed by atoms with van der Waals surface area (Å²) in [5.41, 5.74) is 20.0. The summed E-state index contributed by atoms with van der Waals surface area (Å²) in [5, 5.41) is 8.93. The molecule has 9 aliphatic rings. The van der Waals surface area contributed by atoms with E-state index in [2.05, 4.69) is 103 Å². The Morgan fingerprint density at radius 2 is 1.30 bits per heavy atom. The summed E-state index contributed by atoms with van der Waals surface area (Å²) in [5.74, 6) is 6.43. The van der Waals surface area contributed by atoms with Crippen LogP contribution in [0.15, 0.2) is 85.1 Å². The van der Waals surface area contributed by atoms with E-state index in [1.165, 1.54) is 141 Å².